The van der Waals surface area contributed by atoms with Crippen LogP contribution in [0.4, 0.5) is 5.13 Å². The van der Waals surface area contributed by atoms with Gasteiger partial charge in [0, 0.05) is 24.4 Å². The number of nitrogens with zero attached hydrogens (tertiary/aromatic N) is 3. The first kappa shape index (κ1) is 22.2. The Hall–Kier alpha value is -1.49. The minimum Gasteiger partial charge on any atom is -0.353 e. The van der Waals surface area contributed by atoms with Crippen LogP contribution in [0.3, 0.4) is 0 Å². The van der Waals surface area contributed by atoms with Gasteiger partial charge in [-0.3, -0.25) is 4.79 Å². The molecule has 10 heteroatoms. The lowest BCUT2D eigenvalue weighted by Crippen LogP contribution is -2.37. The van der Waals surface area contributed by atoms with Crippen molar-refractivity contribution in [3.63, 3.8) is 0 Å². The summed E-state index contributed by atoms with van der Waals surface area (Å²) in [5.74, 6) is 1.33. The number of nitrogens with one attached hydrogen (secondary N) is 1. The quantitative estimate of drug-likeness (QED) is 0.455. The summed E-state index contributed by atoms with van der Waals surface area (Å²) >= 11 is 3.05. The first-order valence-electron chi connectivity index (χ1n) is 9.73. The molecule has 2 aromatic rings. The van der Waals surface area contributed by atoms with E-state index in [4.69, 9.17) is 0 Å². The Morgan fingerprint density at radius 1 is 1.31 bits per heavy atom. The molecule has 2 heterocycles. The molecule has 1 aliphatic heterocycles. The number of hydrogen-bond acceptors (Lipinski definition) is 8. The number of piperidine rings is 1. The van der Waals surface area contributed by atoms with Crippen molar-refractivity contribution in [1.29, 1.82) is 0 Å². The van der Waals surface area contributed by atoms with Crippen LogP contribution in [0.2, 0.25) is 0 Å². The van der Waals surface area contributed by atoms with Crippen molar-refractivity contribution in [3.05, 3.63) is 29.8 Å². The van der Waals surface area contributed by atoms with Gasteiger partial charge < -0.3 is 5.32 Å². The second-order valence-corrected chi connectivity index (χ2v) is 11.4. The van der Waals surface area contributed by atoms with Gasteiger partial charge in [-0.15, -0.1) is 10.2 Å². The van der Waals surface area contributed by atoms with Gasteiger partial charge in [-0.25, -0.2) is 8.42 Å². The van der Waals surface area contributed by atoms with Crippen molar-refractivity contribution >= 4 is 44.0 Å². The van der Waals surface area contributed by atoms with Gasteiger partial charge in [-0.1, -0.05) is 49.1 Å². The summed E-state index contributed by atoms with van der Waals surface area (Å²) in [5, 5.41) is 11.7. The molecule has 0 bridgehead atoms. The molecular formula is C19H26N4O3S3. The maximum absolute atomic E-state index is 12.9. The Bertz CT molecular complexity index is 938. The predicted molar refractivity (Wildman–Crippen MR) is 117 cm³/mol. The summed E-state index contributed by atoms with van der Waals surface area (Å²) in [6.45, 7) is 5.33. The number of aromatic nitrogens is 2. The summed E-state index contributed by atoms with van der Waals surface area (Å²) in [4.78, 5) is 12.7. The number of rotatable bonds is 9. The number of carbonyl (C=O) groups is 1. The summed E-state index contributed by atoms with van der Waals surface area (Å²) in [6, 6.07) is 6.29. The third-order valence-corrected chi connectivity index (χ3v) is 8.89. The Balaban J connectivity index is 1.64. The minimum absolute atomic E-state index is 0.0395. The summed E-state index contributed by atoms with van der Waals surface area (Å²) in [7, 11) is -3.58. The van der Waals surface area contributed by atoms with Crippen LogP contribution in [0.25, 0.3) is 0 Å². The zero-order valence-electron chi connectivity index (χ0n) is 16.6. The fraction of sp³-hybridized carbons (Fsp3) is 0.526. The first-order valence-corrected chi connectivity index (χ1v) is 13.0. The fourth-order valence-corrected chi connectivity index (χ4v) is 6.18. The normalized spacial score (nSPS) is 16.1. The molecule has 7 nitrogen and oxygen atoms in total. The van der Waals surface area contributed by atoms with Crippen LogP contribution in [0.5, 0.6) is 0 Å². The second-order valence-electron chi connectivity index (χ2n) is 7.11. The van der Waals surface area contributed by atoms with E-state index in [1.165, 1.54) is 21.7 Å². The Kier molecular flexibility index (Phi) is 7.66. The minimum atomic E-state index is -3.58. The van der Waals surface area contributed by atoms with Crippen molar-refractivity contribution in [2.24, 2.45) is 5.92 Å². The molecule has 1 fully saturated rings. The molecule has 29 heavy (non-hydrogen) atoms. The molecule has 1 saturated heterocycles. The molecule has 0 saturated carbocycles. The van der Waals surface area contributed by atoms with Crippen molar-refractivity contribution in [1.82, 2.24) is 14.5 Å². The Morgan fingerprint density at radius 3 is 2.79 bits per heavy atom. The van der Waals surface area contributed by atoms with Crippen LogP contribution >= 0.6 is 23.1 Å². The highest BCUT2D eigenvalue weighted by molar-refractivity contribution is 8.01. The van der Waals surface area contributed by atoms with Crippen molar-refractivity contribution in [2.75, 3.05) is 30.7 Å². The molecule has 0 radical (unpaired) electrons. The van der Waals surface area contributed by atoms with E-state index in [1.54, 1.807) is 30.0 Å². The molecule has 3 rings (SSSR count). The molecule has 1 N–H and O–H groups in total. The fourth-order valence-electron chi connectivity index (χ4n) is 2.99. The average Bonchev–Trinajstić information content (AvgIpc) is 3.18. The lowest BCUT2D eigenvalue weighted by molar-refractivity contribution is 0.101. The summed E-state index contributed by atoms with van der Waals surface area (Å²) in [6.07, 6.45) is 2.78. The molecule has 0 unspecified atom stereocenters. The highest BCUT2D eigenvalue weighted by Gasteiger charge is 2.28. The molecule has 0 amide bonds. The number of ketones is 1. The highest BCUT2D eigenvalue weighted by Crippen LogP contribution is 2.26. The average molecular weight is 455 g/mol. The van der Waals surface area contributed by atoms with Crippen LogP contribution in [-0.2, 0) is 10.0 Å². The van der Waals surface area contributed by atoms with Gasteiger partial charge in [-0.05, 0) is 37.3 Å². The van der Waals surface area contributed by atoms with Gasteiger partial charge in [0.15, 0.2) is 10.1 Å². The predicted octanol–water partition coefficient (Wildman–Crippen LogP) is 3.76. The zero-order chi connectivity index (χ0) is 20.9. The molecule has 158 valence electrons. The maximum Gasteiger partial charge on any atom is 0.243 e. The smallest absolute Gasteiger partial charge is 0.243 e. The Morgan fingerprint density at radius 2 is 2.07 bits per heavy atom. The van der Waals surface area contributed by atoms with Crippen LogP contribution in [0.15, 0.2) is 33.5 Å². The number of benzene rings is 1. The maximum atomic E-state index is 12.9. The van der Waals surface area contributed by atoms with Gasteiger partial charge in [0.25, 0.3) is 0 Å². The molecular weight excluding hydrogens is 428 g/mol. The molecule has 1 aromatic heterocycles. The van der Waals surface area contributed by atoms with Crippen LogP contribution < -0.4 is 5.32 Å². The number of sulfonamides is 1. The lowest BCUT2D eigenvalue weighted by Gasteiger charge is -2.29. The third-order valence-electron chi connectivity index (χ3n) is 4.77. The largest absolute Gasteiger partial charge is 0.353 e. The molecule has 0 spiro atoms. The topological polar surface area (TPSA) is 92.3 Å². The van der Waals surface area contributed by atoms with Crippen LogP contribution in [0.1, 0.15) is 43.5 Å². The number of anilines is 1. The van der Waals surface area contributed by atoms with Crippen molar-refractivity contribution < 1.29 is 13.2 Å². The second kappa shape index (κ2) is 10.0. The zero-order valence-corrected chi connectivity index (χ0v) is 19.1. The third kappa shape index (κ3) is 5.78. The van der Waals surface area contributed by atoms with Crippen molar-refractivity contribution in [3.8, 4) is 0 Å². The SMILES string of the molecule is CCCSc1nnc(NCC(=O)c2cccc(S(=O)(=O)N3CCC(C)CC3)c2)s1. The standard InChI is InChI=1S/C19H26N4O3S3/c1-3-11-27-19-22-21-18(28-19)20-13-17(24)15-5-4-6-16(12-15)29(25,26)23-9-7-14(2)8-10-23/h4-6,12,14H,3,7-11,13H2,1-2H3,(H,20,21). The molecule has 1 aliphatic rings. The van der Waals surface area contributed by atoms with E-state index in [-0.39, 0.29) is 17.2 Å². The molecule has 1 aromatic carbocycles. The lowest BCUT2D eigenvalue weighted by atomic mass is 10.0. The van der Waals surface area contributed by atoms with E-state index >= 15 is 0 Å². The number of thioether (sulfide) groups is 1. The highest BCUT2D eigenvalue weighted by atomic mass is 32.2. The van der Waals surface area contributed by atoms with Crippen LogP contribution in [0, 0.1) is 5.92 Å². The van der Waals surface area contributed by atoms with Gasteiger partial charge >= 0.3 is 0 Å². The number of hydrogen-bond donors (Lipinski definition) is 1. The number of carbonyl (C=O) groups excluding carboxylic acids is 1. The van der Waals surface area contributed by atoms with E-state index < -0.39 is 10.0 Å². The van der Waals surface area contributed by atoms with E-state index in [9.17, 15) is 13.2 Å². The van der Waals surface area contributed by atoms with Crippen molar-refractivity contribution in [2.45, 2.75) is 42.3 Å². The van der Waals surface area contributed by atoms with E-state index in [1.807, 2.05) is 0 Å². The van der Waals surface area contributed by atoms with Gasteiger partial charge in [0.2, 0.25) is 15.2 Å². The van der Waals surface area contributed by atoms with E-state index in [0.29, 0.717) is 29.7 Å². The summed E-state index contributed by atoms with van der Waals surface area (Å²) in [5.41, 5.74) is 0.369. The van der Waals surface area contributed by atoms with Crippen LogP contribution in [-0.4, -0.2) is 54.1 Å². The first-order chi connectivity index (χ1) is 13.9. The van der Waals surface area contributed by atoms with Gasteiger partial charge in [0.05, 0.1) is 11.4 Å². The van der Waals surface area contributed by atoms with E-state index in [0.717, 1.165) is 29.4 Å². The monoisotopic (exact) mass is 454 g/mol. The molecule has 0 aliphatic carbocycles. The van der Waals surface area contributed by atoms with Gasteiger partial charge in [0.1, 0.15) is 0 Å². The Labute approximate surface area is 180 Å². The molecule has 0 atom stereocenters. The number of Topliss-reactive ketones (excluding diaryl/α,β-unsaturated/α-hetero) is 1. The summed E-state index contributed by atoms with van der Waals surface area (Å²) < 4.78 is 28.2. The van der Waals surface area contributed by atoms with E-state index in [2.05, 4.69) is 29.4 Å². The van der Waals surface area contributed by atoms with Gasteiger partial charge in [-0.2, -0.15) is 4.31 Å².